The standard InChI is InChI=1S/C13H23N3O2/c1-6-13(7-2,12(17)18-9-4)11-15-14-10(5)16(11)8-3/h6-9H2,1-5H3. The minimum Gasteiger partial charge on any atom is -0.465 e. The number of carbonyl (C=O) groups is 1. The maximum Gasteiger partial charge on any atom is 0.319 e. The number of ether oxygens (including phenoxy) is 1. The molecule has 0 atom stereocenters. The second kappa shape index (κ2) is 5.98. The maximum atomic E-state index is 12.3. The molecule has 1 aromatic rings. The van der Waals surface area contributed by atoms with E-state index in [0.717, 1.165) is 18.2 Å². The number of aryl methyl sites for hydroxylation is 1. The summed E-state index contributed by atoms with van der Waals surface area (Å²) in [4.78, 5) is 12.3. The summed E-state index contributed by atoms with van der Waals surface area (Å²) in [6.07, 6.45) is 1.33. The number of carbonyl (C=O) groups excluding carboxylic acids is 1. The molecule has 0 unspecified atom stereocenters. The molecule has 0 aliphatic heterocycles. The molecule has 5 nitrogen and oxygen atoms in total. The van der Waals surface area contributed by atoms with Crippen molar-refractivity contribution in [2.24, 2.45) is 0 Å². The number of hydrogen-bond acceptors (Lipinski definition) is 4. The quantitative estimate of drug-likeness (QED) is 0.729. The van der Waals surface area contributed by atoms with Gasteiger partial charge in [-0.1, -0.05) is 13.8 Å². The lowest BCUT2D eigenvalue weighted by Gasteiger charge is -2.28. The maximum absolute atomic E-state index is 12.3. The second-order valence-corrected chi connectivity index (χ2v) is 4.32. The van der Waals surface area contributed by atoms with Crippen LogP contribution in [0.2, 0.25) is 0 Å². The van der Waals surface area contributed by atoms with Crippen LogP contribution in [0, 0.1) is 6.92 Å². The van der Waals surface area contributed by atoms with Gasteiger partial charge in [-0.3, -0.25) is 4.79 Å². The number of hydrogen-bond donors (Lipinski definition) is 0. The first-order valence-corrected chi connectivity index (χ1v) is 6.64. The zero-order valence-electron chi connectivity index (χ0n) is 12.0. The largest absolute Gasteiger partial charge is 0.465 e. The van der Waals surface area contributed by atoms with E-state index < -0.39 is 5.41 Å². The van der Waals surface area contributed by atoms with Crippen LogP contribution in [-0.2, 0) is 21.5 Å². The van der Waals surface area contributed by atoms with Gasteiger partial charge in [0.15, 0.2) is 5.82 Å². The van der Waals surface area contributed by atoms with E-state index in [-0.39, 0.29) is 5.97 Å². The van der Waals surface area contributed by atoms with E-state index in [4.69, 9.17) is 4.74 Å². The lowest BCUT2D eigenvalue weighted by atomic mass is 9.81. The molecule has 0 aliphatic carbocycles. The molecule has 1 rings (SSSR count). The van der Waals surface area contributed by atoms with Crippen molar-refractivity contribution in [1.29, 1.82) is 0 Å². The van der Waals surface area contributed by atoms with Crippen LogP contribution in [0.1, 0.15) is 52.2 Å². The van der Waals surface area contributed by atoms with Gasteiger partial charge in [-0.15, -0.1) is 10.2 Å². The third kappa shape index (κ3) is 2.26. The molecular formula is C13H23N3O2. The Balaban J connectivity index is 3.30. The molecule has 0 spiro atoms. The van der Waals surface area contributed by atoms with E-state index in [1.54, 1.807) is 0 Å². The molecule has 0 amide bonds. The number of rotatable bonds is 6. The summed E-state index contributed by atoms with van der Waals surface area (Å²) in [6.45, 7) is 10.9. The first-order valence-electron chi connectivity index (χ1n) is 6.64. The molecule has 0 radical (unpaired) electrons. The van der Waals surface area contributed by atoms with Crippen LogP contribution in [0.15, 0.2) is 0 Å². The molecule has 0 aromatic carbocycles. The van der Waals surface area contributed by atoms with Gasteiger partial charge in [-0.05, 0) is 33.6 Å². The second-order valence-electron chi connectivity index (χ2n) is 4.32. The molecule has 0 saturated carbocycles. The number of aromatic nitrogens is 3. The third-order valence-electron chi connectivity index (χ3n) is 3.55. The van der Waals surface area contributed by atoms with Gasteiger partial charge in [0.05, 0.1) is 6.61 Å². The van der Waals surface area contributed by atoms with E-state index in [2.05, 4.69) is 10.2 Å². The molecule has 0 saturated heterocycles. The van der Waals surface area contributed by atoms with E-state index >= 15 is 0 Å². The van der Waals surface area contributed by atoms with E-state index in [1.165, 1.54) is 0 Å². The number of nitrogens with zero attached hydrogens (tertiary/aromatic N) is 3. The fraction of sp³-hybridized carbons (Fsp3) is 0.769. The smallest absolute Gasteiger partial charge is 0.319 e. The summed E-state index contributed by atoms with van der Waals surface area (Å²) >= 11 is 0. The van der Waals surface area contributed by atoms with E-state index in [0.29, 0.717) is 19.4 Å². The highest BCUT2D eigenvalue weighted by Gasteiger charge is 2.43. The fourth-order valence-corrected chi connectivity index (χ4v) is 2.33. The van der Waals surface area contributed by atoms with Crippen LogP contribution < -0.4 is 0 Å². The summed E-state index contributed by atoms with van der Waals surface area (Å²) < 4.78 is 7.22. The highest BCUT2D eigenvalue weighted by molar-refractivity contribution is 5.82. The average Bonchev–Trinajstić information content (AvgIpc) is 2.74. The Kier molecular flexibility index (Phi) is 4.87. The molecule has 1 aromatic heterocycles. The van der Waals surface area contributed by atoms with Gasteiger partial charge in [0.2, 0.25) is 0 Å². The van der Waals surface area contributed by atoms with Gasteiger partial charge >= 0.3 is 5.97 Å². The Morgan fingerprint density at radius 3 is 2.28 bits per heavy atom. The Labute approximate surface area is 109 Å². The summed E-state index contributed by atoms with van der Waals surface area (Å²) in [5, 5.41) is 8.31. The minimum absolute atomic E-state index is 0.197. The average molecular weight is 253 g/mol. The lowest BCUT2D eigenvalue weighted by Crippen LogP contribution is -2.39. The van der Waals surface area contributed by atoms with Crippen molar-refractivity contribution in [3.63, 3.8) is 0 Å². The minimum atomic E-state index is -0.673. The SMILES string of the molecule is CCOC(=O)C(CC)(CC)c1nnc(C)n1CC. The van der Waals surface area contributed by atoms with Crippen molar-refractivity contribution in [3.8, 4) is 0 Å². The third-order valence-corrected chi connectivity index (χ3v) is 3.55. The van der Waals surface area contributed by atoms with Gasteiger partial charge in [0.1, 0.15) is 11.2 Å². The number of esters is 1. The Bertz CT molecular complexity index is 408. The molecule has 0 aliphatic rings. The van der Waals surface area contributed by atoms with E-state index in [9.17, 15) is 4.79 Å². The van der Waals surface area contributed by atoms with Crippen LogP contribution in [0.25, 0.3) is 0 Å². The summed E-state index contributed by atoms with van der Waals surface area (Å²) in [6, 6.07) is 0. The van der Waals surface area contributed by atoms with E-state index in [1.807, 2.05) is 39.2 Å². The first-order chi connectivity index (χ1) is 8.57. The summed E-state index contributed by atoms with van der Waals surface area (Å²) in [5.74, 6) is 1.37. The van der Waals surface area contributed by atoms with Crippen molar-refractivity contribution in [3.05, 3.63) is 11.6 Å². The van der Waals surface area contributed by atoms with Crippen molar-refractivity contribution in [1.82, 2.24) is 14.8 Å². The highest BCUT2D eigenvalue weighted by Crippen LogP contribution is 2.32. The van der Waals surface area contributed by atoms with Crippen LogP contribution in [-0.4, -0.2) is 27.3 Å². The van der Waals surface area contributed by atoms with Gasteiger partial charge in [0.25, 0.3) is 0 Å². The Morgan fingerprint density at radius 1 is 1.22 bits per heavy atom. The van der Waals surface area contributed by atoms with Gasteiger partial charge in [-0.2, -0.15) is 0 Å². The Morgan fingerprint density at radius 2 is 1.83 bits per heavy atom. The van der Waals surface area contributed by atoms with Crippen LogP contribution >= 0.6 is 0 Å². The zero-order chi connectivity index (χ0) is 13.8. The van der Waals surface area contributed by atoms with Crippen molar-refractivity contribution < 1.29 is 9.53 Å². The predicted octanol–water partition coefficient (Wildman–Crippen LogP) is 2.23. The molecule has 0 fully saturated rings. The Hall–Kier alpha value is -1.39. The summed E-state index contributed by atoms with van der Waals surface area (Å²) in [5.41, 5.74) is -0.673. The van der Waals surface area contributed by atoms with Crippen LogP contribution in [0.4, 0.5) is 0 Å². The lowest BCUT2D eigenvalue weighted by molar-refractivity contribution is -0.151. The predicted molar refractivity (Wildman–Crippen MR) is 69.3 cm³/mol. The van der Waals surface area contributed by atoms with Crippen molar-refractivity contribution >= 4 is 5.97 Å². The topological polar surface area (TPSA) is 57.0 Å². The van der Waals surface area contributed by atoms with Crippen LogP contribution in [0.3, 0.4) is 0 Å². The molecular weight excluding hydrogens is 230 g/mol. The highest BCUT2D eigenvalue weighted by atomic mass is 16.5. The molecule has 102 valence electrons. The van der Waals surface area contributed by atoms with Gasteiger partial charge in [-0.25, -0.2) is 0 Å². The molecule has 0 N–H and O–H groups in total. The molecule has 0 bridgehead atoms. The monoisotopic (exact) mass is 253 g/mol. The van der Waals surface area contributed by atoms with Crippen LogP contribution in [0.5, 0.6) is 0 Å². The molecule has 1 heterocycles. The van der Waals surface area contributed by atoms with Crippen molar-refractivity contribution in [2.45, 2.75) is 59.4 Å². The normalized spacial score (nSPS) is 11.6. The summed E-state index contributed by atoms with van der Waals surface area (Å²) in [7, 11) is 0. The van der Waals surface area contributed by atoms with Gasteiger partial charge < -0.3 is 9.30 Å². The van der Waals surface area contributed by atoms with Gasteiger partial charge in [0, 0.05) is 6.54 Å². The molecule has 18 heavy (non-hydrogen) atoms. The van der Waals surface area contributed by atoms with Crippen molar-refractivity contribution in [2.75, 3.05) is 6.61 Å². The fourth-order valence-electron chi connectivity index (χ4n) is 2.33. The first kappa shape index (κ1) is 14.7. The molecule has 5 heteroatoms. The zero-order valence-corrected chi connectivity index (χ0v) is 12.0.